The molecule has 2 aromatic heterocycles. The first kappa shape index (κ1) is 12.7. The zero-order chi connectivity index (χ0) is 15.0. The summed E-state index contributed by atoms with van der Waals surface area (Å²) in [6, 6.07) is 7.80. The minimum absolute atomic E-state index is 0.135. The summed E-state index contributed by atoms with van der Waals surface area (Å²) in [4.78, 5) is 28.7. The van der Waals surface area contributed by atoms with Gasteiger partial charge in [0.2, 0.25) is 6.33 Å². The lowest BCUT2D eigenvalue weighted by Gasteiger charge is -2.03. The van der Waals surface area contributed by atoms with E-state index in [-0.39, 0.29) is 5.56 Å². The minimum Gasteiger partial charge on any atom is -0.478 e. The Labute approximate surface area is 116 Å². The minimum atomic E-state index is -1.05. The van der Waals surface area contributed by atoms with Crippen LogP contribution in [0.25, 0.3) is 16.7 Å². The quantitative estimate of drug-likeness (QED) is 0.570. The van der Waals surface area contributed by atoms with Crippen LogP contribution >= 0.6 is 0 Å². The van der Waals surface area contributed by atoms with E-state index < -0.39 is 16.8 Å². The maximum absolute atomic E-state index is 11.1. The SMILES string of the molecule is O=C(O)c1cccc2nc(-n3cnc([N+](=O)[O-])n3)ccc12. The molecule has 0 saturated carbocycles. The van der Waals surface area contributed by atoms with Gasteiger partial charge in [-0.25, -0.2) is 9.78 Å². The number of rotatable bonds is 3. The second-order valence-electron chi connectivity index (χ2n) is 4.09. The first-order valence-electron chi connectivity index (χ1n) is 5.76. The molecule has 0 unspecified atom stereocenters. The number of fused-ring (bicyclic) bond motifs is 1. The van der Waals surface area contributed by atoms with E-state index in [9.17, 15) is 14.9 Å². The maximum Gasteiger partial charge on any atom is 0.491 e. The fraction of sp³-hybridized carbons (Fsp3) is 0. The van der Waals surface area contributed by atoms with Gasteiger partial charge in [-0.05, 0) is 29.2 Å². The van der Waals surface area contributed by atoms with Crippen molar-refractivity contribution in [3.63, 3.8) is 0 Å². The molecule has 0 atom stereocenters. The highest BCUT2D eigenvalue weighted by Gasteiger charge is 2.16. The van der Waals surface area contributed by atoms with Crippen LogP contribution in [-0.2, 0) is 0 Å². The molecule has 0 bridgehead atoms. The number of aromatic carboxylic acids is 1. The number of carbonyl (C=O) groups is 1. The van der Waals surface area contributed by atoms with Crippen LogP contribution in [0.2, 0.25) is 0 Å². The molecule has 1 aromatic carbocycles. The lowest BCUT2D eigenvalue weighted by molar-refractivity contribution is -0.394. The molecule has 9 heteroatoms. The smallest absolute Gasteiger partial charge is 0.478 e. The molecule has 0 aliphatic heterocycles. The zero-order valence-electron chi connectivity index (χ0n) is 10.4. The van der Waals surface area contributed by atoms with Crippen LogP contribution in [0.15, 0.2) is 36.7 Å². The molecular weight excluding hydrogens is 278 g/mol. The number of carboxylic acid groups (broad SMARTS) is 1. The highest BCUT2D eigenvalue weighted by atomic mass is 16.6. The number of hydrogen-bond donors (Lipinski definition) is 1. The van der Waals surface area contributed by atoms with E-state index >= 15 is 0 Å². The lowest BCUT2D eigenvalue weighted by atomic mass is 10.1. The molecule has 1 N–H and O–H groups in total. The van der Waals surface area contributed by atoms with Gasteiger partial charge in [-0.2, -0.15) is 0 Å². The topological polar surface area (TPSA) is 124 Å². The number of aromatic nitrogens is 4. The molecule has 0 spiro atoms. The van der Waals surface area contributed by atoms with Crippen LogP contribution in [0.3, 0.4) is 0 Å². The Balaban J connectivity index is 2.13. The third kappa shape index (κ3) is 2.16. The molecule has 104 valence electrons. The Morgan fingerprint density at radius 1 is 1.29 bits per heavy atom. The predicted octanol–water partition coefficient (Wildman–Crippen LogP) is 1.42. The van der Waals surface area contributed by atoms with E-state index in [1.807, 2.05) is 0 Å². The van der Waals surface area contributed by atoms with Crippen LogP contribution in [0.1, 0.15) is 10.4 Å². The Hall–Kier alpha value is -3.36. The summed E-state index contributed by atoms with van der Waals surface area (Å²) >= 11 is 0. The van der Waals surface area contributed by atoms with E-state index in [1.165, 1.54) is 18.5 Å². The monoisotopic (exact) mass is 285 g/mol. The summed E-state index contributed by atoms with van der Waals surface area (Å²) in [6.07, 6.45) is 1.17. The molecule has 0 amide bonds. The van der Waals surface area contributed by atoms with Crippen molar-refractivity contribution >= 4 is 22.8 Å². The Morgan fingerprint density at radius 3 is 2.76 bits per heavy atom. The molecule has 2 heterocycles. The van der Waals surface area contributed by atoms with Gasteiger partial charge < -0.3 is 15.2 Å². The fourth-order valence-electron chi connectivity index (χ4n) is 1.91. The van der Waals surface area contributed by atoms with Crippen molar-refractivity contribution in [1.29, 1.82) is 0 Å². The van der Waals surface area contributed by atoms with E-state index in [1.54, 1.807) is 18.2 Å². The summed E-state index contributed by atoms with van der Waals surface area (Å²) in [6.45, 7) is 0. The molecule has 21 heavy (non-hydrogen) atoms. The van der Waals surface area contributed by atoms with Gasteiger partial charge in [0.1, 0.15) is 0 Å². The van der Waals surface area contributed by atoms with Crippen molar-refractivity contribution in [3.05, 3.63) is 52.3 Å². The van der Waals surface area contributed by atoms with Gasteiger partial charge in [-0.1, -0.05) is 11.1 Å². The van der Waals surface area contributed by atoms with Crippen molar-refractivity contribution in [3.8, 4) is 5.82 Å². The molecule has 3 aromatic rings. The predicted molar refractivity (Wildman–Crippen MR) is 70.3 cm³/mol. The van der Waals surface area contributed by atoms with E-state index in [0.717, 1.165) is 4.68 Å². The Morgan fingerprint density at radius 2 is 2.10 bits per heavy atom. The van der Waals surface area contributed by atoms with Crippen molar-refractivity contribution in [2.45, 2.75) is 0 Å². The molecule has 0 fully saturated rings. The maximum atomic E-state index is 11.1. The van der Waals surface area contributed by atoms with Gasteiger partial charge in [0.05, 0.1) is 11.1 Å². The highest BCUT2D eigenvalue weighted by molar-refractivity contribution is 6.02. The number of hydrogen-bond acceptors (Lipinski definition) is 6. The van der Waals surface area contributed by atoms with E-state index in [0.29, 0.717) is 16.7 Å². The standard InChI is InChI=1S/C12H7N5O4/c18-11(19)8-2-1-3-9-7(8)4-5-10(14-9)16-6-13-12(15-16)17(20)21/h1-6H,(H,18,19). The molecule has 9 nitrogen and oxygen atoms in total. The number of pyridine rings is 1. The van der Waals surface area contributed by atoms with E-state index in [4.69, 9.17) is 5.11 Å². The third-order valence-electron chi connectivity index (χ3n) is 2.83. The van der Waals surface area contributed by atoms with Crippen LogP contribution < -0.4 is 0 Å². The largest absolute Gasteiger partial charge is 0.491 e. The summed E-state index contributed by atoms with van der Waals surface area (Å²) < 4.78 is 1.16. The Bertz CT molecular complexity index is 873. The van der Waals surface area contributed by atoms with Gasteiger partial charge in [0.25, 0.3) is 0 Å². The summed E-state index contributed by atoms with van der Waals surface area (Å²) in [7, 11) is 0. The van der Waals surface area contributed by atoms with Crippen LogP contribution in [0.4, 0.5) is 5.95 Å². The number of benzene rings is 1. The molecular formula is C12H7N5O4. The van der Waals surface area contributed by atoms with Gasteiger partial charge in [0, 0.05) is 10.5 Å². The summed E-state index contributed by atoms with van der Waals surface area (Å²) in [5.41, 5.74) is 0.585. The Kier molecular flexibility index (Phi) is 2.79. The van der Waals surface area contributed by atoms with Crippen LogP contribution in [0, 0.1) is 10.1 Å². The van der Waals surface area contributed by atoms with Crippen LogP contribution in [0.5, 0.6) is 0 Å². The van der Waals surface area contributed by atoms with Crippen molar-refractivity contribution in [2.75, 3.05) is 0 Å². The molecule has 0 aliphatic carbocycles. The third-order valence-corrected chi connectivity index (χ3v) is 2.83. The number of nitrogens with zero attached hydrogens (tertiary/aromatic N) is 5. The highest BCUT2D eigenvalue weighted by Crippen LogP contribution is 2.19. The van der Waals surface area contributed by atoms with Gasteiger partial charge in [-0.3, -0.25) is 0 Å². The first-order chi connectivity index (χ1) is 10.1. The normalized spacial score (nSPS) is 10.7. The second kappa shape index (κ2) is 4.63. The van der Waals surface area contributed by atoms with Crippen molar-refractivity contribution < 1.29 is 14.8 Å². The molecule has 0 radical (unpaired) electrons. The van der Waals surface area contributed by atoms with Gasteiger partial charge in [-0.15, -0.1) is 4.68 Å². The van der Waals surface area contributed by atoms with Gasteiger partial charge in [0.15, 0.2) is 5.82 Å². The summed E-state index contributed by atoms with van der Waals surface area (Å²) in [5.74, 6) is -1.27. The first-order valence-corrected chi connectivity index (χ1v) is 5.76. The molecule has 3 rings (SSSR count). The zero-order valence-corrected chi connectivity index (χ0v) is 10.4. The molecule has 0 aliphatic rings. The lowest BCUT2D eigenvalue weighted by Crippen LogP contribution is -2.02. The fourth-order valence-corrected chi connectivity index (χ4v) is 1.91. The number of nitro groups is 1. The summed E-state index contributed by atoms with van der Waals surface area (Å²) in [5, 5.41) is 23.8. The van der Waals surface area contributed by atoms with Crippen molar-refractivity contribution in [2.24, 2.45) is 0 Å². The van der Waals surface area contributed by atoms with Crippen LogP contribution in [-0.4, -0.2) is 35.7 Å². The van der Waals surface area contributed by atoms with Crippen molar-refractivity contribution in [1.82, 2.24) is 19.7 Å². The van der Waals surface area contributed by atoms with E-state index in [2.05, 4.69) is 15.1 Å². The van der Waals surface area contributed by atoms with Gasteiger partial charge >= 0.3 is 11.9 Å². The number of carboxylic acids is 1. The average Bonchev–Trinajstić information content (AvgIpc) is 2.96. The molecule has 0 saturated heterocycles. The second-order valence-corrected chi connectivity index (χ2v) is 4.09. The average molecular weight is 285 g/mol.